The van der Waals surface area contributed by atoms with Gasteiger partial charge in [0.05, 0.1) is 0 Å². The van der Waals surface area contributed by atoms with Gasteiger partial charge in [0.15, 0.2) is 11.5 Å². The predicted molar refractivity (Wildman–Crippen MR) is 66.7 cm³/mol. The Kier molecular flexibility index (Phi) is 3.18. The summed E-state index contributed by atoms with van der Waals surface area (Å²) in [7, 11) is 0. The summed E-state index contributed by atoms with van der Waals surface area (Å²) >= 11 is 0. The van der Waals surface area contributed by atoms with Crippen molar-refractivity contribution in [3.63, 3.8) is 0 Å². The molecule has 0 spiro atoms. The van der Waals surface area contributed by atoms with Crippen LogP contribution in [0.5, 0.6) is 11.5 Å². The molecule has 2 aliphatic rings. The Morgan fingerprint density at radius 1 is 1.32 bits per heavy atom. The molecule has 1 atom stereocenters. The molecule has 1 aromatic rings. The van der Waals surface area contributed by atoms with Crippen molar-refractivity contribution in [1.29, 1.82) is 0 Å². The van der Waals surface area contributed by atoms with E-state index in [0.717, 1.165) is 25.3 Å². The van der Waals surface area contributed by atoms with Gasteiger partial charge < -0.3 is 20.1 Å². The molecule has 1 saturated heterocycles. The van der Waals surface area contributed by atoms with Gasteiger partial charge in [-0.15, -0.1) is 8.78 Å². The molecule has 19 heavy (non-hydrogen) atoms. The fourth-order valence-corrected chi connectivity index (χ4v) is 2.42. The van der Waals surface area contributed by atoms with Gasteiger partial charge in [-0.05, 0) is 44.0 Å². The predicted octanol–water partition coefficient (Wildman–Crippen LogP) is 2.42. The van der Waals surface area contributed by atoms with E-state index in [9.17, 15) is 8.78 Å². The largest absolute Gasteiger partial charge is 0.586 e. The molecule has 2 heterocycles. The van der Waals surface area contributed by atoms with E-state index in [1.165, 1.54) is 18.9 Å². The number of nitrogens with one attached hydrogen (secondary N) is 2. The van der Waals surface area contributed by atoms with E-state index in [1.807, 2.05) is 0 Å². The summed E-state index contributed by atoms with van der Waals surface area (Å²) < 4.78 is 34.5. The first-order valence-electron chi connectivity index (χ1n) is 6.47. The van der Waals surface area contributed by atoms with Crippen LogP contribution in [0.25, 0.3) is 0 Å². The normalized spacial score (nSPS) is 24.2. The molecule has 0 aromatic heterocycles. The lowest BCUT2D eigenvalue weighted by Gasteiger charge is -2.23. The molecule has 1 aromatic carbocycles. The third-order valence-electron chi connectivity index (χ3n) is 3.40. The van der Waals surface area contributed by atoms with Crippen LogP contribution in [0.2, 0.25) is 0 Å². The Morgan fingerprint density at radius 3 is 2.95 bits per heavy atom. The molecular formula is C13H16F2N2O2. The maximum absolute atomic E-state index is 12.9. The van der Waals surface area contributed by atoms with E-state index < -0.39 is 6.29 Å². The first-order chi connectivity index (χ1) is 9.12. The first-order valence-corrected chi connectivity index (χ1v) is 6.47. The number of anilines is 1. The second-order valence-electron chi connectivity index (χ2n) is 4.92. The minimum Gasteiger partial charge on any atom is -0.395 e. The Hall–Kier alpha value is -1.56. The van der Waals surface area contributed by atoms with Gasteiger partial charge in [0.1, 0.15) is 0 Å². The number of halogens is 2. The van der Waals surface area contributed by atoms with Crippen molar-refractivity contribution >= 4 is 5.69 Å². The van der Waals surface area contributed by atoms with Gasteiger partial charge in [-0.3, -0.25) is 0 Å². The van der Waals surface area contributed by atoms with Gasteiger partial charge in [-0.1, -0.05) is 0 Å². The summed E-state index contributed by atoms with van der Waals surface area (Å²) in [6, 6.07) is 4.77. The van der Waals surface area contributed by atoms with Gasteiger partial charge in [0.2, 0.25) is 0 Å². The molecule has 104 valence electrons. The van der Waals surface area contributed by atoms with Crippen LogP contribution in [0.4, 0.5) is 14.5 Å². The summed E-state index contributed by atoms with van der Waals surface area (Å²) in [6.45, 7) is 2.90. The van der Waals surface area contributed by atoms with E-state index in [1.54, 1.807) is 12.1 Å². The summed E-state index contributed by atoms with van der Waals surface area (Å²) in [5.41, 5.74) is 0.769. The highest BCUT2D eigenvalue weighted by atomic mass is 19.3. The van der Waals surface area contributed by atoms with E-state index in [-0.39, 0.29) is 11.5 Å². The van der Waals surface area contributed by atoms with Crippen LogP contribution in [0.1, 0.15) is 12.8 Å². The Labute approximate surface area is 110 Å². The van der Waals surface area contributed by atoms with Crippen LogP contribution in [0.3, 0.4) is 0 Å². The zero-order valence-corrected chi connectivity index (χ0v) is 10.4. The summed E-state index contributed by atoms with van der Waals surface area (Å²) in [4.78, 5) is 0. The number of rotatable bonds is 3. The van der Waals surface area contributed by atoms with E-state index in [2.05, 4.69) is 20.1 Å². The number of fused-ring (bicyclic) bond motifs is 1. The van der Waals surface area contributed by atoms with Crippen molar-refractivity contribution in [2.75, 3.05) is 25.0 Å². The van der Waals surface area contributed by atoms with Crippen LogP contribution >= 0.6 is 0 Å². The molecular weight excluding hydrogens is 254 g/mol. The average Bonchev–Trinajstić information content (AvgIpc) is 2.70. The standard InChI is InChI=1S/C13H16F2N2O2/c14-13(15)18-11-4-3-10(6-12(11)19-13)17-8-9-2-1-5-16-7-9/h3-4,6,9,16-17H,1-2,5,7-8H2. The Bertz CT molecular complexity index is 462. The van der Waals surface area contributed by atoms with Gasteiger partial charge in [0, 0.05) is 18.3 Å². The zero-order valence-electron chi connectivity index (χ0n) is 10.4. The van der Waals surface area contributed by atoms with Gasteiger partial charge in [-0.25, -0.2) is 0 Å². The lowest BCUT2D eigenvalue weighted by molar-refractivity contribution is -0.286. The Balaban J connectivity index is 1.60. The zero-order chi connectivity index (χ0) is 13.3. The quantitative estimate of drug-likeness (QED) is 0.885. The highest BCUT2D eigenvalue weighted by molar-refractivity contribution is 5.55. The number of alkyl halides is 2. The second-order valence-corrected chi connectivity index (χ2v) is 4.92. The molecule has 0 aliphatic carbocycles. The van der Waals surface area contributed by atoms with Gasteiger partial charge in [0.25, 0.3) is 0 Å². The van der Waals surface area contributed by atoms with Crippen LogP contribution in [-0.4, -0.2) is 25.9 Å². The third kappa shape index (κ3) is 2.89. The highest BCUT2D eigenvalue weighted by Gasteiger charge is 2.43. The van der Waals surface area contributed by atoms with Crippen LogP contribution in [0.15, 0.2) is 18.2 Å². The molecule has 4 nitrogen and oxygen atoms in total. The van der Waals surface area contributed by atoms with E-state index in [0.29, 0.717) is 5.92 Å². The number of ether oxygens (including phenoxy) is 2. The lowest BCUT2D eigenvalue weighted by atomic mass is 10.00. The fourth-order valence-electron chi connectivity index (χ4n) is 2.42. The molecule has 1 unspecified atom stereocenters. The molecule has 1 fully saturated rings. The molecule has 3 rings (SSSR count). The summed E-state index contributed by atoms with van der Waals surface area (Å²) in [6.07, 6.45) is -1.18. The number of hydrogen-bond donors (Lipinski definition) is 2. The second kappa shape index (κ2) is 4.85. The molecule has 0 radical (unpaired) electrons. The number of piperidine rings is 1. The first kappa shape index (κ1) is 12.5. The fraction of sp³-hybridized carbons (Fsp3) is 0.538. The van der Waals surface area contributed by atoms with Crippen molar-refractivity contribution in [1.82, 2.24) is 5.32 Å². The number of benzene rings is 1. The van der Waals surface area contributed by atoms with Crippen LogP contribution in [0, 0.1) is 5.92 Å². The molecule has 0 amide bonds. The maximum atomic E-state index is 12.9. The van der Waals surface area contributed by atoms with Crippen molar-refractivity contribution < 1.29 is 18.3 Å². The highest BCUT2D eigenvalue weighted by Crippen LogP contribution is 2.42. The van der Waals surface area contributed by atoms with Gasteiger partial charge in [-0.2, -0.15) is 0 Å². The minimum atomic E-state index is -3.55. The monoisotopic (exact) mass is 270 g/mol. The topological polar surface area (TPSA) is 42.5 Å². The van der Waals surface area contributed by atoms with Crippen molar-refractivity contribution in [3.8, 4) is 11.5 Å². The maximum Gasteiger partial charge on any atom is 0.586 e. The molecule has 0 saturated carbocycles. The minimum absolute atomic E-state index is 0.0786. The number of hydrogen-bond acceptors (Lipinski definition) is 4. The van der Waals surface area contributed by atoms with Gasteiger partial charge >= 0.3 is 6.29 Å². The molecule has 2 aliphatic heterocycles. The molecule has 0 bridgehead atoms. The lowest BCUT2D eigenvalue weighted by Crippen LogP contribution is -2.33. The van der Waals surface area contributed by atoms with Crippen LogP contribution < -0.4 is 20.1 Å². The van der Waals surface area contributed by atoms with E-state index in [4.69, 9.17) is 0 Å². The molecule has 6 heteroatoms. The van der Waals surface area contributed by atoms with Crippen molar-refractivity contribution in [2.24, 2.45) is 5.92 Å². The molecule has 2 N–H and O–H groups in total. The van der Waals surface area contributed by atoms with E-state index >= 15 is 0 Å². The summed E-state index contributed by atoms with van der Waals surface area (Å²) in [5, 5.41) is 6.59. The third-order valence-corrected chi connectivity index (χ3v) is 3.40. The van der Waals surface area contributed by atoms with Crippen molar-refractivity contribution in [3.05, 3.63) is 18.2 Å². The summed E-state index contributed by atoms with van der Waals surface area (Å²) in [5.74, 6) is 0.729. The smallest absolute Gasteiger partial charge is 0.395 e. The average molecular weight is 270 g/mol. The van der Waals surface area contributed by atoms with Crippen LogP contribution in [-0.2, 0) is 0 Å². The SMILES string of the molecule is FC1(F)Oc2ccc(NCC3CCCNC3)cc2O1. The Morgan fingerprint density at radius 2 is 2.16 bits per heavy atom. The van der Waals surface area contributed by atoms with Crippen molar-refractivity contribution in [2.45, 2.75) is 19.1 Å².